The number of benzene rings is 1. The van der Waals surface area contributed by atoms with Crippen molar-refractivity contribution in [3.05, 3.63) is 68.0 Å². The quantitative estimate of drug-likeness (QED) is 0.716. The molecule has 0 bridgehead atoms. The molecule has 0 atom stereocenters. The van der Waals surface area contributed by atoms with Crippen LogP contribution in [0.5, 0.6) is 0 Å². The molecule has 4 rings (SSSR count). The highest BCUT2D eigenvalue weighted by molar-refractivity contribution is 6.30. The zero-order chi connectivity index (χ0) is 20.8. The first-order chi connectivity index (χ1) is 13.8. The van der Waals surface area contributed by atoms with Gasteiger partial charge in [-0.15, -0.1) is 0 Å². The number of carbonyl (C=O) groups is 1. The molecular weight excluding hydrogens is 392 g/mol. The predicted octanol–water partition coefficient (Wildman–Crippen LogP) is 2.74. The molecule has 1 N–H and O–H groups in total. The van der Waals surface area contributed by atoms with Crippen LogP contribution in [-0.4, -0.2) is 20.0 Å². The van der Waals surface area contributed by atoms with Crippen LogP contribution >= 0.6 is 11.6 Å². The normalized spacial score (nSPS) is 15.6. The molecule has 1 aliphatic carbocycles. The first kappa shape index (κ1) is 19.4. The SMILES string of the molecule is Cn1c(=O)c2cc(NC(=O)C3(c4ccc(Cl)cc4)CCCC3)cnc2n(C)c1=O. The second-order valence-electron chi connectivity index (χ2n) is 7.55. The van der Waals surface area contributed by atoms with Gasteiger partial charge in [-0.2, -0.15) is 0 Å². The van der Waals surface area contributed by atoms with Gasteiger partial charge in [0.25, 0.3) is 5.56 Å². The lowest BCUT2D eigenvalue weighted by Crippen LogP contribution is -2.38. The summed E-state index contributed by atoms with van der Waals surface area (Å²) in [6.45, 7) is 0. The summed E-state index contributed by atoms with van der Waals surface area (Å²) in [5, 5.41) is 3.85. The number of nitrogens with one attached hydrogen (secondary N) is 1. The molecule has 2 aromatic heterocycles. The van der Waals surface area contributed by atoms with E-state index in [1.807, 2.05) is 12.1 Å². The Morgan fingerprint density at radius 3 is 2.41 bits per heavy atom. The zero-order valence-corrected chi connectivity index (χ0v) is 17.0. The van der Waals surface area contributed by atoms with Crippen molar-refractivity contribution in [2.45, 2.75) is 31.1 Å². The van der Waals surface area contributed by atoms with E-state index in [0.717, 1.165) is 35.8 Å². The van der Waals surface area contributed by atoms with Crippen molar-refractivity contribution >= 4 is 34.2 Å². The molecule has 1 amide bonds. The topological polar surface area (TPSA) is 86.0 Å². The first-order valence-electron chi connectivity index (χ1n) is 9.47. The fourth-order valence-corrected chi connectivity index (χ4v) is 4.30. The van der Waals surface area contributed by atoms with Gasteiger partial charge in [0.05, 0.1) is 22.7 Å². The third-order valence-corrected chi connectivity index (χ3v) is 6.09. The number of carbonyl (C=O) groups excluding carboxylic acids is 1. The van der Waals surface area contributed by atoms with Gasteiger partial charge in [-0.05, 0) is 36.6 Å². The second-order valence-corrected chi connectivity index (χ2v) is 7.99. The largest absolute Gasteiger partial charge is 0.332 e. The Balaban J connectivity index is 1.73. The molecular formula is C21H21ClN4O3. The Labute approximate surface area is 172 Å². The lowest BCUT2D eigenvalue weighted by atomic mass is 9.78. The van der Waals surface area contributed by atoms with Gasteiger partial charge in [0.15, 0.2) is 0 Å². The summed E-state index contributed by atoms with van der Waals surface area (Å²) in [7, 11) is 2.98. The van der Waals surface area contributed by atoms with Crippen molar-refractivity contribution in [1.29, 1.82) is 0 Å². The monoisotopic (exact) mass is 412 g/mol. The number of aryl methyl sites for hydroxylation is 1. The Morgan fingerprint density at radius 1 is 1.10 bits per heavy atom. The van der Waals surface area contributed by atoms with Crippen LogP contribution in [0.1, 0.15) is 31.2 Å². The van der Waals surface area contributed by atoms with Crippen molar-refractivity contribution in [3.8, 4) is 0 Å². The molecule has 29 heavy (non-hydrogen) atoms. The highest BCUT2D eigenvalue weighted by atomic mass is 35.5. The average molecular weight is 413 g/mol. The minimum Gasteiger partial charge on any atom is -0.324 e. The summed E-state index contributed by atoms with van der Waals surface area (Å²) in [6.07, 6.45) is 4.91. The van der Waals surface area contributed by atoms with E-state index in [1.165, 1.54) is 17.8 Å². The molecule has 1 aromatic carbocycles. The van der Waals surface area contributed by atoms with Crippen molar-refractivity contribution in [1.82, 2.24) is 14.1 Å². The third-order valence-electron chi connectivity index (χ3n) is 5.84. The molecule has 1 aliphatic rings. The van der Waals surface area contributed by atoms with Gasteiger partial charge < -0.3 is 5.32 Å². The number of anilines is 1. The number of nitrogens with zero attached hydrogens (tertiary/aromatic N) is 3. The number of aromatic nitrogens is 3. The standard InChI is InChI=1S/C21H21ClN4O3/c1-25-17-16(18(27)26(2)20(25)29)11-15(12-23-17)24-19(28)21(9-3-4-10-21)13-5-7-14(22)8-6-13/h5-8,11-12H,3-4,9-10H2,1-2H3,(H,24,28). The number of fused-ring (bicyclic) bond motifs is 1. The van der Waals surface area contributed by atoms with Crippen LogP contribution < -0.4 is 16.6 Å². The molecule has 150 valence electrons. The van der Waals surface area contributed by atoms with Gasteiger partial charge >= 0.3 is 5.69 Å². The van der Waals surface area contributed by atoms with E-state index in [-0.39, 0.29) is 16.9 Å². The van der Waals surface area contributed by atoms with Crippen LogP contribution in [0.3, 0.4) is 0 Å². The summed E-state index contributed by atoms with van der Waals surface area (Å²) in [5.41, 5.74) is 0.125. The van der Waals surface area contributed by atoms with Gasteiger partial charge in [0, 0.05) is 19.1 Å². The number of hydrogen-bond acceptors (Lipinski definition) is 4. The van der Waals surface area contributed by atoms with Gasteiger partial charge in [-0.25, -0.2) is 9.78 Å². The van der Waals surface area contributed by atoms with E-state index in [9.17, 15) is 14.4 Å². The minimum atomic E-state index is -0.631. The van der Waals surface area contributed by atoms with E-state index in [2.05, 4.69) is 10.3 Å². The molecule has 8 heteroatoms. The average Bonchev–Trinajstić information content (AvgIpc) is 3.22. The van der Waals surface area contributed by atoms with Crippen molar-refractivity contribution in [2.75, 3.05) is 5.32 Å². The van der Waals surface area contributed by atoms with Crippen molar-refractivity contribution < 1.29 is 4.79 Å². The molecule has 0 aliphatic heterocycles. The fraction of sp³-hybridized carbons (Fsp3) is 0.333. The number of hydrogen-bond donors (Lipinski definition) is 1. The Bertz CT molecular complexity index is 1220. The number of rotatable bonds is 3. The molecule has 1 fully saturated rings. The van der Waals surface area contributed by atoms with Gasteiger partial charge in [0.1, 0.15) is 5.65 Å². The van der Waals surface area contributed by atoms with Crippen LogP contribution in [0, 0.1) is 0 Å². The van der Waals surface area contributed by atoms with E-state index >= 15 is 0 Å². The highest BCUT2D eigenvalue weighted by Gasteiger charge is 2.42. The fourth-order valence-electron chi connectivity index (χ4n) is 4.18. The lowest BCUT2D eigenvalue weighted by Gasteiger charge is -2.28. The van der Waals surface area contributed by atoms with Gasteiger partial charge in [-0.1, -0.05) is 36.6 Å². The lowest BCUT2D eigenvalue weighted by molar-refractivity contribution is -0.121. The molecule has 0 saturated heterocycles. The highest BCUT2D eigenvalue weighted by Crippen LogP contribution is 2.42. The van der Waals surface area contributed by atoms with Crippen molar-refractivity contribution in [3.63, 3.8) is 0 Å². The summed E-state index contributed by atoms with van der Waals surface area (Å²) < 4.78 is 2.34. The molecule has 1 saturated carbocycles. The van der Waals surface area contributed by atoms with E-state index < -0.39 is 16.7 Å². The Kier molecular flexibility index (Phi) is 4.78. The zero-order valence-electron chi connectivity index (χ0n) is 16.2. The summed E-state index contributed by atoms with van der Waals surface area (Å²) in [5.74, 6) is -0.125. The van der Waals surface area contributed by atoms with Crippen LogP contribution in [0.15, 0.2) is 46.1 Å². The second kappa shape index (κ2) is 7.15. The predicted molar refractivity (Wildman–Crippen MR) is 112 cm³/mol. The molecule has 3 aromatic rings. The van der Waals surface area contributed by atoms with Crippen LogP contribution in [0.25, 0.3) is 11.0 Å². The number of pyridine rings is 1. The van der Waals surface area contributed by atoms with Crippen molar-refractivity contribution in [2.24, 2.45) is 14.1 Å². The van der Waals surface area contributed by atoms with E-state index in [0.29, 0.717) is 10.7 Å². The first-order valence-corrected chi connectivity index (χ1v) is 9.84. The summed E-state index contributed by atoms with van der Waals surface area (Å²) in [6, 6.07) is 8.97. The van der Waals surface area contributed by atoms with Gasteiger partial charge in [0.2, 0.25) is 5.91 Å². The summed E-state index contributed by atoms with van der Waals surface area (Å²) >= 11 is 6.02. The van der Waals surface area contributed by atoms with E-state index in [4.69, 9.17) is 11.6 Å². The summed E-state index contributed by atoms with van der Waals surface area (Å²) in [4.78, 5) is 42.1. The van der Waals surface area contributed by atoms with Gasteiger partial charge in [-0.3, -0.25) is 18.7 Å². The number of amides is 1. The molecule has 7 nitrogen and oxygen atoms in total. The molecule has 0 spiro atoms. The smallest absolute Gasteiger partial charge is 0.324 e. The minimum absolute atomic E-state index is 0.125. The third kappa shape index (κ3) is 3.15. The van der Waals surface area contributed by atoms with Crippen LogP contribution in [0.4, 0.5) is 5.69 Å². The maximum Gasteiger partial charge on any atom is 0.332 e. The Morgan fingerprint density at radius 2 is 1.76 bits per heavy atom. The molecule has 0 unspecified atom stereocenters. The Hall–Kier alpha value is -2.93. The maximum absolute atomic E-state index is 13.3. The molecule has 2 heterocycles. The molecule has 0 radical (unpaired) electrons. The number of halogens is 1. The van der Waals surface area contributed by atoms with Crippen LogP contribution in [-0.2, 0) is 24.3 Å². The van der Waals surface area contributed by atoms with Crippen LogP contribution in [0.2, 0.25) is 5.02 Å². The maximum atomic E-state index is 13.3. The van der Waals surface area contributed by atoms with E-state index in [1.54, 1.807) is 25.2 Å².